The Kier molecular flexibility index (Phi) is 9.91. The van der Waals surface area contributed by atoms with E-state index in [2.05, 4.69) is 46.9 Å². The molecular weight excluding hydrogens is 543 g/mol. The monoisotopic (exact) mass is 574 g/mol. The van der Waals surface area contributed by atoms with Crippen LogP contribution in [-0.2, 0) is 43.5 Å². The van der Waals surface area contributed by atoms with Gasteiger partial charge in [0.25, 0.3) is 0 Å². The lowest BCUT2D eigenvalue weighted by atomic mass is 9.98. The van der Waals surface area contributed by atoms with Crippen LogP contribution in [0.15, 0.2) is 91.0 Å². The zero-order chi connectivity index (χ0) is 23.6. The molecule has 1 fully saturated rings. The summed E-state index contributed by atoms with van der Waals surface area (Å²) in [5.74, 6) is 0. The maximum absolute atomic E-state index is 6.52. The molecule has 0 spiro atoms. The van der Waals surface area contributed by atoms with Crippen LogP contribution in [-0.4, -0.2) is 42.2 Å². The molecule has 3 aromatic rings. The number of benzene rings is 3. The highest BCUT2D eigenvalue weighted by atomic mass is 127. The molecule has 3 aromatic carbocycles. The van der Waals surface area contributed by atoms with Gasteiger partial charge in [-0.1, -0.05) is 114 Å². The first-order chi connectivity index (χ1) is 16.8. The summed E-state index contributed by atoms with van der Waals surface area (Å²) < 4.78 is 32.2. The Morgan fingerprint density at radius 3 is 1.44 bits per heavy atom. The van der Waals surface area contributed by atoms with Gasteiger partial charge in [-0.25, -0.2) is 0 Å². The molecule has 0 aliphatic carbocycles. The predicted octanol–water partition coefficient (Wildman–Crippen LogP) is 5.55. The van der Waals surface area contributed by atoms with Gasteiger partial charge in [0.2, 0.25) is 0 Å². The lowest BCUT2D eigenvalue weighted by Gasteiger charge is -2.45. The maximum Gasteiger partial charge on any atom is 0.186 e. The summed E-state index contributed by atoms with van der Waals surface area (Å²) in [6.45, 7) is 1.35. The average molecular weight is 574 g/mol. The Morgan fingerprint density at radius 1 is 0.618 bits per heavy atom. The first-order valence-electron chi connectivity index (χ1n) is 11.5. The van der Waals surface area contributed by atoms with Crippen molar-refractivity contribution < 1.29 is 23.7 Å². The minimum atomic E-state index is -0.555. The Morgan fingerprint density at radius 2 is 1.03 bits per heavy atom. The van der Waals surface area contributed by atoms with Crippen LogP contribution in [0.1, 0.15) is 16.7 Å². The number of rotatable bonds is 11. The zero-order valence-electron chi connectivity index (χ0n) is 19.3. The number of halogens is 1. The first-order valence-corrected chi connectivity index (χ1v) is 13.0. The van der Waals surface area contributed by atoms with Gasteiger partial charge in [-0.15, -0.1) is 0 Å². The molecule has 0 aromatic heterocycles. The van der Waals surface area contributed by atoms with Gasteiger partial charge in [0.15, 0.2) is 6.29 Å². The van der Waals surface area contributed by atoms with Crippen molar-refractivity contribution in [3.05, 3.63) is 108 Å². The second-order valence-electron chi connectivity index (χ2n) is 8.22. The quantitative estimate of drug-likeness (QED) is 0.222. The molecule has 1 heterocycles. The van der Waals surface area contributed by atoms with Crippen molar-refractivity contribution in [3.8, 4) is 0 Å². The Labute approximate surface area is 215 Å². The Balaban J connectivity index is 1.56. The first kappa shape index (κ1) is 25.3. The van der Waals surface area contributed by atoms with E-state index in [-0.39, 0.29) is 18.3 Å². The summed E-state index contributed by atoms with van der Waals surface area (Å²) in [5.41, 5.74) is 3.28. The predicted molar refractivity (Wildman–Crippen MR) is 140 cm³/mol. The summed E-state index contributed by atoms with van der Waals surface area (Å²) in [4.78, 5) is 0. The van der Waals surface area contributed by atoms with Crippen molar-refractivity contribution in [2.75, 3.05) is 11.5 Å². The summed E-state index contributed by atoms with van der Waals surface area (Å²) in [5, 5.41) is 0. The van der Waals surface area contributed by atoms with E-state index in [4.69, 9.17) is 23.7 Å². The molecule has 5 nitrogen and oxygen atoms in total. The molecule has 0 N–H and O–H groups in total. The third-order valence-corrected chi connectivity index (χ3v) is 6.70. The number of ether oxygens (including phenoxy) is 5. The lowest BCUT2D eigenvalue weighted by Crippen LogP contribution is -2.61. The van der Waals surface area contributed by atoms with Crippen LogP contribution >= 0.6 is 22.6 Å². The average Bonchev–Trinajstić information content (AvgIpc) is 2.91. The SMILES string of the molecule is CO[C@H]1O[C@H](CI)[C@@H](OCc2ccccc2)[C@H](OCc2ccccc2)[C@H]1OCc1ccccc1. The molecule has 1 aliphatic rings. The molecule has 4 rings (SSSR count). The Hall–Kier alpha value is -1.81. The minimum absolute atomic E-state index is 0.188. The van der Waals surface area contributed by atoms with E-state index in [0.717, 1.165) is 21.1 Å². The highest BCUT2D eigenvalue weighted by Crippen LogP contribution is 2.31. The molecule has 1 aliphatic heterocycles. The summed E-state index contributed by atoms with van der Waals surface area (Å²) in [6.07, 6.45) is -1.87. The molecular formula is C28H31IO5. The number of methoxy groups -OCH3 is 1. The number of hydrogen-bond acceptors (Lipinski definition) is 5. The zero-order valence-corrected chi connectivity index (χ0v) is 21.5. The molecule has 34 heavy (non-hydrogen) atoms. The van der Waals surface area contributed by atoms with Gasteiger partial charge in [0.05, 0.1) is 25.9 Å². The van der Waals surface area contributed by atoms with Crippen molar-refractivity contribution in [1.29, 1.82) is 0 Å². The molecule has 0 radical (unpaired) electrons. The largest absolute Gasteiger partial charge is 0.368 e. The minimum Gasteiger partial charge on any atom is -0.368 e. The van der Waals surface area contributed by atoms with Crippen molar-refractivity contribution >= 4 is 22.6 Å². The summed E-state index contributed by atoms with van der Waals surface area (Å²) >= 11 is 2.33. The highest BCUT2D eigenvalue weighted by molar-refractivity contribution is 14.1. The fourth-order valence-corrected chi connectivity index (χ4v) is 4.77. The van der Waals surface area contributed by atoms with Crippen LogP contribution in [0.5, 0.6) is 0 Å². The van der Waals surface area contributed by atoms with Crippen LogP contribution in [0.25, 0.3) is 0 Å². The molecule has 5 atom stereocenters. The number of alkyl halides is 1. The second kappa shape index (κ2) is 13.3. The van der Waals surface area contributed by atoms with Crippen molar-refractivity contribution in [3.63, 3.8) is 0 Å². The van der Waals surface area contributed by atoms with E-state index in [9.17, 15) is 0 Å². The number of hydrogen-bond donors (Lipinski definition) is 0. The topological polar surface area (TPSA) is 46.2 Å². The molecule has 0 amide bonds. The van der Waals surface area contributed by atoms with Gasteiger partial charge in [-0.3, -0.25) is 0 Å². The van der Waals surface area contributed by atoms with Gasteiger partial charge in [0.1, 0.15) is 18.3 Å². The molecule has 6 heteroatoms. The normalized spacial score (nSPS) is 24.7. The molecule has 0 unspecified atom stereocenters. The van der Waals surface area contributed by atoms with E-state index in [1.807, 2.05) is 66.7 Å². The Bertz CT molecular complexity index is 899. The summed E-state index contributed by atoms with van der Waals surface area (Å²) in [6, 6.07) is 30.4. The van der Waals surface area contributed by atoms with Crippen LogP contribution in [0, 0.1) is 0 Å². The van der Waals surface area contributed by atoms with Crippen LogP contribution in [0.3, 0.4) is 0 Å². The molecule has 1 saturated heterocycles. The van der Waals surface area contributed by atoms with Gasteiger partial charge >= 0.3 is 0 Å². The third kappa shape index (κ3) is 6.87. The van der Waals surface area contributed by atoms with Crippen molar-refractivity contribution in [2.24, 2.45) is 0 Å². The van der Waals surface area contributed by atoms with E-state index in [1.54, 1.807) is 7.11 Å². The highest BCUT2D eigenvalue weighted by Gasteiger charge is 2.48. The van der Waals surface area contributed by atoms with Crippen molar-refractivity contribution in [2.45, 2.75) is 50.5 Å². The van der Waals surface area contributed by atoms with E-state index in [1.165, 1.54) is 0 Å². The lowest BCUT2D eigenvalue weighted by molar-refractivity contribution is -0.313. The second-order valence-corrected chi connectivity index (χ2v) is 9.10. The standard InChI is InChI=1S/C28H31IO5/c1-30-28-27(33-20-23-15-9-4-10-16-23)26(32-19-22-13-7-3-8-14-22)25(24(17-29)34-28)31-18-21-11-5-2-6-12-21/h2-16,24-28H,17-20H2,1H3/t24-,25-,26+,27-,28+/m1/s1. The van der Waals surface area contributed by atoms with Gasteiger partial charge in [0, 0.05) is 11.5 Å². The van der Waals surface area contributed by atoms with Crippen LogP contribution < -0.4 is 0 Å². The molecule has 180 valence electrons. The fourth-order valence-electron chi connectivity index (χ4n) is 4.06. The van der Waals surface area contributed by atoms with Crippen LogP contribution in [0.4, 0.5) is 0 Å². The molecule has 0 saturated carbocycles. The van der Waals surface area contributed by atoms with Gasteiger partial charge in [-0.2, -0.15) is 0 Å². The summed E-state index contributed by atoms with van der Waals surface area (Å²) in [7, 11) is 1.65. The molecule has 0 bridgehead atoms. The fraction of sp³-hybridized carbons (Fsp3) is 0.357. The third-order valence-electron chi connectivity index (χ3n) is 5.83. The van der Waals surface area contributed by atoms with E-state index < -0.39 is 12.4 Å². The van der Waals surface area contributed by atoms with Gasteiger partial charge in [-0.05, 0) is 16.7 Å². The van der Waals surface area contributed by atoms with Gasteiger partial charge < -0.3 is 23.7 Å². The maximum atomic E-state index is 6.52. The van der Waals surface area contributed by atoms with Crippen molar-refractivity contribution in [1.82, 2.24) is 0 Å². The van der Waals surface area contributed by atoms with Crippen LogP contribution in [0.2, 0.25) is 0 Å². The smallest absolute Gasteiger partial charge is 0.186 e. The van der Waals surface area contributed by atoms with E-state index in [0.29, 0.717) is 19.8 Å². The van der Waals surface area contributed by atoms with E-state index >= 15 is 0 Å².